The number of rotatable bonds is 3. The molecule has 4 N–H and O–H groups in total. The van der Waals surface area contributed by atoms with Crippen LogP contribution in [0, 0.1) is 0 Å². The highest BCUT2D eigenvalue weighted by molar-refractivity contribution is 6.20. The number of nitrogens with two attached hydrogens (primary N) is 1. The molecule has 0 fully saturated rings. The van der Waals surface area contributed by atoms with Gasteiger partial charge < -0.3 is 20.4 Å². The van der Waals surface area contributed by atoms with Crippen LogP contribution in [0.5, 0.6) is 5.75 Å². The van der Waals surface area contributed by atoms with Crippen molar-refractivity contribution in [2.24, 2.45) is 5.73 Å². The summed E-state index contributed by atoms with van der Waals surface area (Å²) in [5.41, 5.74) is 10.1. The first-order valence-electron chi connectivity index (χ1n) is 8.57. The Morgan fingerprint density at radius 1 is 0.840 bits per heavy atom. The molecular formula is C21H19N3O. The third-order valence-electron chi connectivity index (χ3n) is 4.89. The summed E-state index contributed by atoms with van der Waals surface area (Å²) in [6.07, 6.45) is -0.0633. The molecule has 0 aliphatic heterocycles. The van der Waals surface area contributed by atoms with Crippen molar-refractivity contribution in [1.29, 1.82) is 0 Å². The average molecular weight is 329 g/mol. The van der Waals surface area contributed by atoms with E-state index in [4.69, 9.17) is 10.5 Å². The minimum absolute atomic E-state index is 0.0633. The van der Waals surface area contributed by atoms with Crippen LogP contribution < -0.4 is 10.5 Å². The molecule has 2 heterocycles. The molecule has 5 aromatic rings. The van der Waals surface area contributed by atoms with Crippen LogP contribution in [0.1, 0.15) is 6.92 Å². The van der Waals surface area contributed by atoms with Gasteiger partial charge in [0.05, 0.1) is 11.0 Å². The maximum absolute atomic E-state index is 6.26. The predicted octanol–water partition coefficient (Wildman–Crippen LogP) is 4.68. The van der Waals surface area contributed by atoms with Crippen molar-refractivity contribution in [1.82, 2.24) is 9.97 Å². The Morgan fingerprint density at radius 2 is 1.36 bits per heavy atom. The molecule has 3 aromatic carbocycles. The molecule has 0 aliphatic carbocycles. The van der Waals surface area contributed by atoms with Crippen molar-refractivity contribution in [3.05, 3.63) is 54.6 Å². The normalized spacial score (nSPS) is 13.2. The van der Waals surface area contributed by atoms with Crippen molar-refractivity contribution >= 4 is 43.6 Å². The van der Waals surface area contributed by atoms with Gasteiger partial charge in [0.1, 0.15) is 6.10 Å². The number of fused-ring (bicyclic) bond motifs is 6. The zero-order chi connectivity index (χ0) is 17.0. The maximum Gasteiger partial charge on any atom is 0.167 e. The number of benzene rings is 3. The Balaban J connectivity index is 1.97. The molecule has 124 valence electrons. The largest absolute Gasteiger partial charge is 0.485 e. The van der Waals surface area contributed by atoms with Gasteiger partial charge in [-0.05, 0) is 25.1 Å². The number of hydrogen-bond acceptors (Lipinski definition) is 2. The molecule has 0 aliphatic rings. The third kappa shape index (κ3) is 2.04. The summed E-state index contributed by atoms with van der Waals surface area (Å²) in [6, 6.07) is 19.0. The zero-order valence-corrected chi connectivity index (χ0v) is 14.0. The van der Waals surface area contributed by atoms with Gasteiger partial charge in [-0.1, -0.05) is 36.4 Å². The molecule has 0 saturated carbocycles. The van der Waals surface area contributed by atoms with E-state index >= 15 is 0 Å². The van der Waals surface area contributed by atoms with Crippen LogP contribution in [-0.2, 0) is 0 Å². The van der Waals surface area contributed by atoms with Crippen LogP contribution in [0.2, 0.25) is 0 Å². The van der Waals surface area contributed by atoms with E-state index in [0.29, 0.717) is 6.54 Å². The Hall–Kier alpha value is -2.98. The highest BCUT2D eigenvalue weighted by Gasteiger charge is 2.18. The number of para-hydroxylation sites is 2. The van der Waals surface area contributed by atoms with Crippen LogP contribution in [0.3, 0.4) is 0 Å². The SMILES string of the molecule is CC(CN)Oc1c2[nH]c3ccccc3c2cc2c1[nH]c1ccccc12. The van der Waals surface area contributed by atoms with Crippen LogP contribution in [0.4, 0.5) is 0 Å². The van der Waals surface area contributed by atoms with Crippen molar-refractivity contribution in [2.45, 2.75) is 13.0 Å². The molecule has 4 nitrogen and oxygen atoms in total. The van der Waals surface area contributed by atoms with Crippen molar-refractivity contribution in [3.8, 4) is 5.75 Å². The molecule has 0 spiro atoms. The van der Waals surface area contributed by atoms with Gasteiger partial charge in [-0.2, -0.15) is 0 Å². The number of ether oxygens (including phenoxy) is 1. The molecule has 0 saturated heterocycles. The molecule has 4 heteroatoms. The minimum atomic E-state index is -0.0633. The lowest BCUT2D eigenvalue weighted by Gasteiger charge is -2.14. The maximum atomic E-state index is 6.26. The number of nitrogens with one attached hydrogen (secondary N) is 2. The van der Waals surface area contributed by atoms with Gasteiger partial charge in [-0.15, -0.1) is 0 Å². The highest BCUT2D eigenvalue weighted by Crippen LogP contribution is 2.41. The first-order valence-corrected chi connectivity index (χ1v) is 8.57. The number of aromatic nitrogens is 2. The van der Waals surface area contributed by atoms with Gasteiger partial charge in [-0.25, -0.2) is 0 Å². The van der Waals surface area contributed by atoms with E-state index in [1.165, 1.54) is 21.5 Å². The lowest BCUT2D eigenvalue weighted by Crippen LogP contribution is -2.23. The molecule has 0 amide bonds. The predicted molar refractivity (Wildman–Crippen MR) is 104 cm³/mol. The topological polar surface area (TPSA) is 66.8 Å². The van der Waals surface area contributed by atoms with Crippen molar-refractivity contribution in [3.63, 3.8) is 0 Å². The fourth-order valence-electron chi connectivity index (χ4n) is 3.62. The number of H-pyrrole nitrogens is 2. The fourth-order valence-corrected chi connectivity index (χ4v) is 3.62. The van der Waals surface area contributed by atoms with E-state index in [9.17, 15) is 0 Å². The summed E-state index contributed by atoms with van der Waals surface area (Å²) in [5, 5.41) is 4.75. The van der Waals surface area contributed by atoms with Gasteiger partial charge in [0.2, 0.25) is 0 Å². The smallest absolute Gasteiger partial charge is 0.167 e. The second-order valence-corrected chi connectivity index (χ2v) is 6.56. The molecule has 5 rings (SSSR count). The first kappa shape index (κ1) is 14.4. The van der Waals surface area contributed by atoms with Crippen LogP contribution >= 0.6 is 0 Å². The average Bonchev–Trinajstić information content (AvgIpc) is 3.20. The lowest BCUT2D eigenvalue weighted by molar-refractivity contribution is 0.235. The Bertz CT molecular complexity index is 1140. The van der Waals surface area contributed by atoms with E-state index in [0.717, 1.165) is 27.8 Å². The Kier molecular flexibility index (Phi) is 3.02. The standard InChI is InChI=1S/C21H19N3O/c1-12(11-22)25-21-19-15(13-6-2-4-8-17(13)23-19)10-16-14-7-3-5-9-18(14)24-20(16)21/h2-10,12,23-24H,11,22H2,1H3. The Labute approximate surface area is 144 Å². The van der Waals surface area contributed by atoms with Gasteiger partial charge in [0.25, 0.3) is 0 Å². The Morgan fingerprint density at radius 3 is 1.88 bits per heavy atom. The van der Waals surface area contributed by atoms with Gasteiger partial charge in [-0.3, -0.25) is 0 Å². The van der Waals surface area contributed by atoms with Gasteiger partial charge in [0.15, 0.2) is 5.75 Å². The fraction of sp³-hybridized carbons (Fsp3) is 0.143. The minimum Gasteiger partial charge on any atom is -0.485 e. The molecular weight excluding hydrogens is 310 g/mol. The first-order chi connectivity index (χ1) is 12.3. The van der Waals surface area contributed by atoms with Crippen LogP contribution in [0.15, 0.2) is 54.6 Å². The number of aromatic amines is 2. The summed E-state index contributed by atoms with van der Waals surface area (Å²) >= 11 is 0. The molecule has 1 unspecified atom stereocenters. The molecule has 2 aromatic heterocycles. The summed E-state index contributed by atoms with van der Waals surface area (Å²) in [5.74, 6) is 0.845. The molecule has 0 radical (unpaired) electrons. The van der Waals surface area contributed by atoms with E-state index in [1.807, 2.05) is 19.1 Å². The van der Waals surface area contributed by atoms with E-state index in [2.05, 4.69) is 52.4 Å². The van der Waals surface area contributed by atoms with Gasteiger partial charge >= 0.3 is 0 Å². The number of hydrogen-bond donors (Lipinski definition) is 3. The highest BCUT2D eigenvalue weighted by atomic mass is 16.5. The molecule has 25 heavy (non-hydrogen) atoms. The van der Waals surface area contributed by atoms with Gasteiger partial charge in [0, 0.05) is 39.1 Å². The summed E-state index contributed by atoms with van der Waals surface area (Å²) in [6.45, 7) is 2.47. The lowest BCUT2D eigenvalue weighted by atomic mass is 10.1. The van der Waals surface area contributed by atoms with E-state index in [1.54, 1.807) is 0 Å². The second-order valence-electron chi connectivity index (χ2n) is 6.56. The zero-order valence-electron chi connectivity index (χ0n) is 14.0. The quantitative estimate of drug-likeness (QED) is 0.450. The van der Waals surface area contributed by atoms with Crippen molar-refractivity contribution in [2.75, 3.05) is 6.54 Å². The third-order valence-corrected chi connectivity index (χ3v) is 4.89. The second kappa shape index (κ2) is 5.26. The van der Waals surface area contributed by atoms with Crippen molar-refractivity contribution < 1.29 is 4.74 Å². The molecule has 0 bridgehead atoms. The summed E-state index contributed by atoms with van der Waals surface area (Å²) < 4.78 is 6.26. The van der Waals surface area contributed by atoms with E-state index < -0.39 is 0 Å². The van der Waals surface area contributed by atoms with E-state index in [-0.39, 0.29) is 6.10 Å². The monoisotopic (exact) mass is 329 g/mol. The summed E-state index contributed by atoms with van der Waals surface area (Å²) in [7, 11) is 0. The molecule has 1 atom stereocenters. The van der Waals surface area contributed by atoms with Crippen LogP contribution in [-0.4, -0.2) is 22.6 Å². The summed E-state index contributed by atoms with van der Waals surface area (Å²) in [4.78, 5) is 7.05. The van der Waals surface area contributed by atoms with Crippen LogP contribution in [0.25, 0.3) is 43.6 Å².